The third-order valence-corrected chi connectivity index (χ3v) is 10.7. The predicted octanol–water partition coefficient (Wildman–Crippen LogP) is 1.70. The number of carbonyl (C=O) groups excluding carboxylic acids is 1. The van der Waals surface area contributed by atoms with Gasteiger partial charge in [-0.1, -0.05) is 6.92 Å². The van der Waals surface area contributed by atoms with Crippen molar-refractivity contribution < 1.29 is 26.9 Å². The lowest BCUT2D eigenvalue weighted by Crippen LogP contribution is -2.44. The first-order chi connectivity index (χ1) is 11.5. The fourth-order valence-electron chi connectivity index (χ4n) is 2.44. The minimum Gasteiger partial charge on any atom is -0.398 e. The van der Waals surface area contributed by atoms with Crippen LogP contribution in [0.15, 0.2) is 0 Å². The fraction of sp³-hybridized carbons (Fsp3) is 0.929. The van der Waals surface area contributed by atoms with Gasteiger partial charge in [-0.25, -0.2) is 4.79 Å². The minimum atomic E-state index is -2.55. The third-order valence-electron chi connectivity index (χ3n) is 4.18. The molecule has 2 amide bonds. The second-order valence-electron chi connectivity index (χ2n) is 5.36. The van der Waals surface area contributed by atoms with Crippen LogP contribution in [-0.2, 0) is 22.1 Å². The highest BCUT2D eigenvalue weighted by Crippen LogP contribution is 2.18. The zero-order valence-electron chi connectivity index (χ0n) is 15.9. The molecule has 2 N–H and O–H groups in total. The molecule has 0 aromatic heterocycles. The molecule has 0 aromatic rings. The molecule has 0 rings (SSSR count). The van der Waals surface area contributed by atoms with E-state index in [0.717, 1.165) is 24.9 Å². The minimum absolute atomic E-state index is 0.173. The molecule has 24 heavy (non-hydrogen) atoms. The lowest BCUT2D eigenvalue weighted by Gasteiger charge is -2.26. The van der Waals surface area contributed by atoms with Crippen molar-refractivity contribution in [2.45, 2.75) is 37.9 Å². The quantitative estimate of drug-likeness (QED) is 0.351. The van der Waals surface area contributed by atoms with Gasteiger partial charge in [-0.3, -0.25) is 0 Å². The smallest absolute Gasteiger partial charge is 0.398 e. The van der Waals surface area contributed by atoms with Gasteiger partial charge in [0.25, 0.3) is 0 Å². The maximum Gasteiger partial charge on any atom is 0.500 e. The molecule has 0 unspecified atom stereocenters. The Labute approximate surface area is 148 Å². The molecule has 0 spiro atoms. The number of nitrogens with one attached hydrogen (secondary N) is 2. The lowest BCUT2D eigenvalue weighted by atomic mass is 10.4. The monoisotopic (exact) mass is 382 g/mol. The van der Waals surface area contributed by atoms with Crippen molar-refractivity contribution in [3.8, 4) is 0 Å². The Kier molecular flexibility index (Phi) is 12.5. The Morgan fingerprint density at radius 2 is 1.25 bits per heavy atom. The SMILES string of the molecule is CC[Si](CCCNC(=O)NCCC[Si](OC)(OC)OC)(OC)OC. The molecule has 0 bridgehead atoms. The molecule has 0 saturated carbocycles. The number of rotatable bonds is 14. The number of amides is 2. The van der Waals surface area contributed by atoms with Crippen LogP contribution in [0, 0.1) is 0 Å². The van der Waals surface area contributed by atoms with Crippen LogP contribution in [0.4, 0.5) is 4.79 Å². The average molecular weight is 383 g/mol. The number of carbonyl (C=O) groups is 1. The normalized spacial score (nSPS) is 12.2. The Bertz CT molecular complexity index is 295. The van der Waals surface area contributed by atoms with Crippen LogP contribution in [0.2, 0.25) is 18.1 Å². The summed E-state index contributed by atoms with van der Waals surface area (Å²) < 4.78 is 27.1. The Hall–Kier alpha value is -0.496. The van der Waals surface area contributed by atoms with E-state index < -0.39 is 17.4 Å². The summed E-state index contributed by atoms with van der Waals surface area (Å²) in [6.45, 7) is 3.21. The highest BCUT2D eigenvalue weighted by molar-refractivity contribution is 6.67. The van der Waals surface area contributed by atoms with Gasteiger partial charge in [-0.2, -0.15) is 0 Å². The molecule has 0 atom stereocenters. The van der Waals surface area contributed by atoms with E-state index in [9.17, 15) is 4.79 Å². The summed E-state index contributed by atoms with van der Waals surface area (Å²) in [5, 5.41) is 5.67. The van der Waals surface area contributed by atoms with Crippen molar-refractivity contribution in [3.63, 3.8) is 0 Å². The first kappa shape index (κ1) is 23.5. The Balaban J connectivity index is 3.88. The topological polar surface area (TPSA) is 87.3 Å². The largest absolute Gasteiger partial charge is 0.500 e. The van der Waals surface area contributed by atoms with Crippen LogP contribution in [0.5, 0.6) is 0 Å². The molecule has 0 radical (unpaired) electrons. The molecule has 10 heteroatoms. The van der Waals surface area contributed by atoms with E-state index in [1.54, 1.807) is 35.5 Å². The summed E-state index contributed by atoms with van der Waals surface area (Å²) in [4.78, 5) is 11.8. The summed E-state index contributed by atoms with van der Waals surface area (Å²) >= 11 is 0. The zero-order valence-corrected chi connectivity index (χ0v) is 17.9. The average Bonchev–Trinajstić information content (AvgIpc) is 2.63. The van der Waals surface area contributed by atoms with Crippen LogP contribution in [0.25, 0.3) is 0 Å². The predicted molar refractivity (Wildman–Crippen MR) is 97.3 cm³/mol. The van der Waals surface area contributed by atoms with Crippen LogP contribution >= 0.6 is 0 Å². The van der Waals surface area contributed by atoms with E-state index >= 15 is 0 Å². The van der Waals surface area contributed by atoms with E-state index in [0.29, 0.717) is 19.1 Å². The summed E-state index contributed by atoms with van der Waals surface area (Å²) in [6.07, 6.45) is 1.57. The molecule has 0 saturated heterocycles. The van der Waals surface area contributed by atoms with Crippen LogP contribution in [-0.4, -0.2) is 72.0 Å². The molecular weight excluding hydrogens is 348 g/mol. The standard InChI is InChI=1S/C14H34N2O6Si2/c1-7-23(18-2,19-3)12-8-10-15-14(17)16-11-9-13-24(20-4,21-5)22-6/h7-13H2,1-6H3,(H2,15,16,17). The fourth-order valence-corrected chi connectivity index (χ4v) is 6.38. The first-order valence-corrected chi connectivity index (χ1v) is 12.4. The van der Waals surface area contributed by atoms with Crippen molar-refractivity contribution in [1.29, 1.82) is 0 Å². The van der Waals surface area contributed by atoms with Crippen molar-refractivity contribution in [3.05, 3.63) is 0 Å². The van der Waals surface area contributed by atoms with E-state index in [1.165, 1.54) is 0 Å². The van der Waals surface area contributed by atoms with Crippen molar-refractivity contribution in [2.24, 2.45) is 0 Å². The zero-order chi connectivity index (χ0) is 18.5. The van der Waals surface area contributed by atoms with Crippen molar-refractivity contribution in [1.82, 2.24) is 10.6 Å². The van der Waals surface area contributed by atoms with Crippen LogP contribution in [0.1, 0.15) is 19.8 Å². The molecule has 144 valence electrons. The second kappa shape index (κ2) is 12.8. The maximum atomic E-state index is 11.8. The van der Waals surface area contributed by atoms with Crippen LogP contribution < -0.4 is 10.6 Å². The van der Waals surface area contributed by atoms with Gasteiger partial charge in [0.15, 0.2) is 0 Å². The maximum absolute atomic E-state index is 11.8. The summed E-state index contributed by atoms with van der Waals surface area (Å²) in [7, 11) is 3.53. The van der Waals surface area contributed by atoms with Gasteiger partial charge < -0.3 is 32.8 Å². The molecule has 0 fully saturated rings. The molecule has 8 nitrogen and oxygen atoms in total. The molecule has 0 aliphatic heterocycles. The second-order valence-corrected chi connectivity index (χ2v) is 12.3. The summed E-state index contributed by atoms with van der Waals surface area (Å²) in [5.74, 6) is 0. The van der Waals surface area contributed by atoms with Crippen LogP contribution in [0.3, 0.4) is 0 Å². The van der Waals surface area contributed by atoms with E-state index in [1.807, 2.05) is 0 Å². The Morgan fingerprint density at radius 3 is 1.62 bits per heavy atom. The van der Waals surface area contributed by atoms with Gasteiger partial charge in [-0.05, 0) is 24.9 Å². The van der Waals surface area contributed by atoms with Gasteiger partial charge in [0, 0.05) is 54.7 Å². The number of hydrogen-bond acceptors (Lipinski definition) is 6. The molecule has 0 heterocycles. The first-order valence-electron chi connectivity index (χ1n) is 8.24. The van der Waals surface area contributed by atoms with Crippen molar-refractivity contribution in [2.75, 3.05) is 48.6 Å². The number of urea groups is 1. The van der Waals surface area contributed by atoms with E-state index in [2.05, 4.69) is 17.6 Å². The molecule has 0 aliphatic rings. The third kappa shape index (κ3) is 8.05. The van der Waals surface area contributed by atoms with E-state index in [-0.39, 0.29) is 6.03 Å². The Morgan fingerprint density at radius 1 is 0.792 bits per heavy atom. The van der Waals surface area contributed by atoms with Gasteiger partial charge in [0.2, 0.25) is 0 Å². The van der Waals surface area contributed by atoms with Gasteiger partial charge in [-0.15, -0.1) is 0 Å². The lowest BCUT2D eigenvalue weighted by molar-refractivity contribution is 0.123. The summed E-state index contributed by atoms with van der Waals surface area (Å²) in [6, 6.07) is 2.24. The van der Waals surface area contributed by atoms with Gasteiger partial charge in [0.05, 0.1) is 0 Å². The van der Waals surface area contributed by atoms with Gasteiger partial charge in [0.1, 0.15) is 0 Å². The van der Waals surface area contributed by atoms with E-state index in [4.69, 9.17) is 22.1 Å². The highest BCUT2D eigenvalue weighted by Gasteiger charge is 2.36. The highest BCUT2D eigenvalue weighted by atomic mass is 28.4. The number of hydrogen-bond donors (Lipinski definition) is 2. The molecule has 0 aromatic carbocycles. The summed E-state index contributed by atoms with van der Waals surface area (Å²) in [5.41, 5.74) is 0. The molecular formula is C14H34N2O6Si2. The molecule has 0 aliphatic carbocycles. The van der Waals surface area contributed by atoms with Gasteiger partial charge >= 0.3 is 23.4 Å². The van der Waals surface area contributed by atoms with Crippen molar-refractivity contribution >= 4 is 23.4 Å².